The Balaban J connectivity index is 1.66. The molecule has 3 rings (SSSR count). The number of methoxy groups -OCH3 is 1. The number of nitrogens with one attached hydrogen (secondary N) is 2. The van der Waals surface area contributed by atoms with Gasteiger partial charge in [-0.1, -0.05) is 12.1 Å². The van der Waals surface area contributed by atoms with Crippen molar-refractivity contribution < 1.29 is 19.2 Å². The summed E-state index contributed by atoms with van der Waals surface area (Å²) in [5.41, 5.74) is 1.51. The van der Waals surface area contributed by atoms with Crippen LogP contribution in [0.4, 0.5) is 5.69 Å². The molecule has 1 heterocycles. The molecule has 0 saturated heterocycles. The van der Waals surface area contributed by atoms with Crippen molar-refractivity contribution in [3.8, 4) is 5.75 Å². The molecule has 1 amide bonds. The topological polar surface area (TPSA) is 114 Å². The second kappa shape index (κ2) is 7.69. The number of benzene rings is 2. The van der Waals surface area contributed by atoms with Gasteiger partial charge in [-0.3, -0.25) is 19.7 Å². The van der Waals surface area contributed by atoms with Gasteiger partial charge in [0.15, 0.2) is 0 Å². The van der Waals surface area contributed by atoms with Gasteiger partial charge in [0.2, 0.25) is 0 Å². The van der Waals surface area contributed by atoms with Crippen LogP contribution in [0.2, 0.25) is 0 Å². The highest BCUT2D eigenvalue weighted by Crippen LogP contribution is 2.24. The number of amides is 1. The van der Waals surface area contributed by atoms with Crippen LogP contribution in [0.5, 0.6) is 5.75 Å². The average molecular weight is 367 g/mol. The Labute approximate surface area is 154 Å². The van der Waals surface area contributed by atoms with E-state index in [4.69, 9.17) is 4.74 Å². The molecule has 1 aromatic heterocycles. The van der Waals surface area contributed by atoms with Crippen molar-refractivity contribution in [1.82, 2.24) is 10.3 Å². The number of nitro benzene ring substituents is 1. The predicted molar refractivity (Wildman–Crippen MR) is 99.0 cm³/mol. The number of aromatic amines is 1. The zero-order valence-electron chi connectivity index (χ0n) is 14.5. The van der Waals surface area contributed by atoms with E-state index in [2.05, 4.69) is 10.3 Å². The molecule has 27 heavy (non-hydrogen) atoms. The van der Waals surface area contributed by atoms with Gasteiger partial charge in [-0.25, -0.2) is 0 Å². The van der Waals surface area contributed by atoms with Crippen molar-refractivity contribution in [2.45, 2.75) is 6.42 Å². The van der Waals surface area contributed by atoms with Gasteiger partial charge in [0.05, 0.1) is 17.6 Å². The van der Waals surface area contributed by atoms with Crippen LogP contribution >= 0.6 is 0 Å². The number of ether oxygens (including phenoxy) is 1. The number of aromatic nitrogens is 1. The molecule has 0 aliphatic carbocycles. The molecule has 138 valence electrons. The zero-order valence-corrected chi connectivity index (χ0v) is 14.5. The monoisotopic (exact) mass is 367 g/mol. The number of ketones is 1. The van der Waals surface area contributed by atoms with Gasteiger partial charge in [-0.15, -0.1) is 0 Å². The van der Waals surface area contributed by atoms with Crippen LogP contribution in [-0.4, -0.2) is 35.3 Å². The highest BCUT2D eigenvalue weighted by atomic mass is 16.6. The summed E-state index contributed by atoms with van der Waals surface area (Å²) in [7, 11) is 1.58. The van der Waals surface area contributed by atoms with E-state index >= 15 is 0 Å². The standard InChI is InChI=1S/C19H17N3O5/c1-27-14-5-2-12(3-6-14)8-9-20-19(24)18(23)16-11-21-17-7-4-13(22(25)26)10-15(16)17/h2-7,10-11,21H,8-9H2,1H3,(H,20,24). The van der Waals surface area contributed by atoms with Crippen LogP contribution in [0.1, 0.15) is 15.9 Å². The Bertz CT molecular complexity index is 1010. The van der Waals surface area contributed by atoms with E-state index in [1.165, 1.54) is 24.4 Å². The Kier molecular flexibility index (Phi) is 5.16. The van der Waals surface area contributed by atoms with Crippen molar-refractivity contribution in [2.24, 2.45) is 0 Å². The maximum atomic E-state index is 12.4. The van der Waals surface area contributed by atoms with E-state index in [0.717, 1.165) is 11.3 Å². The molecule has 0 aliphatic heterocycles. The van der Waals surface area contributed by atoms with Crippen molar-refractivity contribution in [1.29, 1.82) is 0 Å². The fraction of sp³-hybridized carbons (Fsp3) is 0.158. The van der Waals surface area contributed by atoms with Crippen LogP contribution in [0.15, 0.2) is 48.7 Å². The minimum Gasteiger partial charge on any atom is -0.497 e. The number of nitro groups is 1. The van der Waals surface area contributed by atoms with Crippen LogP contribution in [0, 0.1) is 10.1 Å². The largest absolute Gasteiger partial charge is 0.497 e. The second-order valence-corrected chi connectivity index (χ2v) is 5.87. The number of non-ortho nitro benzene ring substituents is 1. The van der Waals surface area contributed by atoms with Gasteiger partial charge >= 0.3 is 0 Å². The van der Waals surface area contributed by atoms with Gasteiger partial charge in [-0.2, -0.15) is 0 Å². The fourth-order valence-corrected chi connectivity index (χ4v) is 2.73. The molecule has 2 aromatic carbocycles. The molecule has 3 aromatic rings. The molecule has 8 heteroatoms. The van der Waals surface area contributed by atoms with E-state index in [-0.39, 0.29) is 11.3 Å². The van der Waals surface area contributed by atoms with Crippen LogP contribution < -0.4 is 10.1 Å². The van der Waals surface area contributed by atoms with Crippen LogP contribution in [0.25, 0.3) is 10.9 Å². The van der Waals surface area contributed by atoms with Gasteiger partial charge in [0, 0.05) is 35.8 Å². The quantitative estimate of drug-likeness (QED) is 0.288. The van der Waals surface area contributed by atoms with Crippen molar-refractivity contribution in [3.05, 3.63) is 69.9 Å². The number of hydrogen-bond donors (Lipinski definition) is 2. The summed E-state index contributed by atoms with van der Waals surface area (Å²) in [6.45, 7) is 0.291. The first kappa shape index (κ1) is 18.1. The first-order chi connectivity index (χ1) is 13.0. The maximum Gasteiger partial charge on any atom is 0.292 e. The molecule has 0 unspecified atom stereocenters. The van der Waals surface area contributed by atoms with Crippen molar-refractivity contribution in [2.75, 3.05) is 13.7 Å². The first-order valence-corrected chi connectivity index (χ1v) is 8.20. The number of Topliss-reactive ketones (excluding diaryl/α,β-unsaturated/α-hetero) is 1. The number of hydrogen-bond acceptors (Lipinski definition) is 5. The molecular weight excluding hydrogens is 350 g/mol. The van der Waals surface area contributed by atoms with Crippen LogP contribution in [0.3, 0.4) is 0 Å². The predicted octanol–water partition coefficient (Wildman–Crippen LogP) is 2.63. The summed E-state index contributed by atoms with van der Waals surface area (Å²) in [6, 6.07) is 11.5. The van der Waals surface area contributed by atoms with Crippen LogP contribution in [-0.2, 0) is 11.2 Å². The molecule has 0 atom stereocenters. The van der Waals surface area contributed by atoms with E-state index in [1.54, 1.807) is 7.11 Å². The number of fused-ring (bicyclic) bond motifs is 1. The molecule has 0 bridgehead atoms. The molecule has 0 saturated carbocycles. The van der Waals surface area contributed by atoms with Gasteiger partial charge in [0.25, 0.3) is 17.4 Å². The fourth-order valence-electron chi connectivity index (χ4n) is 2.73. The van der Waals surface area contributed by atoms with Gasteiger partial charge in [-0.05, 0) is 30.2 Å². The Morgan fingerprint density at radius 3 is 2.59 bits per heavy atom. The van der Waals surface area contributed by atoms with E-state index in [9.17, 15) is 19.7 Å². The number of carbonyl (C=O) groups excluding carboxylic acids is 2. The summed E-state index contributed by atoms with van der Waals surface area (Å²) >= 11 is 0. The second-order valence-electron chi connectivity index (χ2n) is 5.87. The van der Waals surface area contributed by atoms with Crippen molar-refractivity contribution in [3.63, 3.8) is 0 Å². The Morgan fingerprint density at radius 2 is 1.93 bits per heavy atom. The Hall–Kier alpha value is -3.68. The van der Waals surface area contributed by atoms with Crippen molar-refractivity contribution >= 4 is 28.3 Å². The minimum atomic E-state index is -0.754. The lowest BCUT2D eigenvalue weighted by Gasteiger charge is -2.05. The first-order valence-electron chi connectivity index (χ1n) is 8.20. The smallest absolute Gasteiger partial charge is 0.292 e. The maximum absolute atomic E-state index is 12.4. The lowest BCUT2D eigenvalue weighted by atomic mass is 10.1. The normalized spacial score (nSPS) is 10.6. The lowest BCUT2D eigenvalue weighted by molar-refractivity contribution is -0.384. The molecule has 0 fully saturated rings. The molecule has 8 nitrogen and oxygen atoms in total. The SMILES string of the molecule is COc1ccc(CCNC(=O)C(=O)c2c[nH]c3ccc([N+](=O)[O-])cc23)cc1. The van der Waals surface area contributed by atoms with Gasteiger partial charge < -0.3 is 15.0 Å². The minimum absolute atomic E-state index is 0.107. The number of carbonyl (C=O) groups is 2. The Morgan fingerprint density at radius 1 is 1.19 bits per heavy atom. The molecular formula is C19H17N3O5. The zero-order chi connectivity index (χ0) is 19.4. The summed E-state index contributed by atoms with van der Waals surface area (Å²) in [5.74, 6) is -0.751. The summed E-state index contributed by atoms with van der Waals surface area (Å²) in [6.07, 6.45) is 1.95. The molecule has 0 aliphatic rings. The number of H-pyrrole nitrogens is 1. The van der Waals surface area contributed by atoms with E-state index < -0.39 is 16.6 Å². The third-order valence-electron chi connectivity index (χ3n) is 4.19. The molecule has 0 radical (unpaired) electrons. The van der Waals surface area contributed by atoms with E-state index in [0.29, 0.717) is 23.9 Å². The number of nitrogens with zero attached hydrogens (tertiary/aromatic N) is 1. The third kappa shape index (κ3) is 3.95. The number of rotatable bonds is 7. The van der Waals surface area contributed by atoms with E-state index in [1.807, 2.05) is 24.3 Å². The average Bonchev–Trinajstić information content (AvgIpc) is 3.11. The lowest BCUT2D eigenvalue weighted by Crippen LogP contribution is -2.32. The third-order valence-corrected chi connectivity index (χ3v) is 4.19. The summed E-state index contributed by atoms with van der Waals surface area (Å²) in [4.78, 5) is 37.8. The highest BCUT2D eigenvalue weighted by molar-refractivity contribution is 6.45. The summed E-state index contributed by atoms with van der Waals surface area (Å²) in [5, 5.41) is 13.9. The van der Waals surface area contributed by atoms with Gasteiger partial charge in [0.1, 0.15) is 5.75 Å². The summed E-state index contributed by atoms with van der Waals surface area (Å²) < 4.78 is 5.08. The molecule has 2 N–H and O–H groups in total. The highest BCUT2D eigenvalue weighted by Gasteiger charge is 2.21. The molecule has 0 spiro atoms.